The van der Waals surface area contributed by atoms with Gasteiger partial charge in [0.1, 0.15) is 5.75 Å². The number of carbonyl (C=O) groups excluding carboxylic acids is 1. The fourth-order valence-electron chi connectivity index (χ4n) is 5.11. The number of nitrogens with zero attached hydrogens (tertiary/aromatic N) is 2. The van der Waals surface area contributed by atoms with Crippen molar-refractivity contribution in [3.8, 4) is 5.75 Å². The van der Waals surface area contributed by atoms with Crippen molar-refractivity contribution in [1.82, 2.24) is 9.80 Å². The average molecular weight is 471 g/mol. The molecule has 2 aromatic carbocycles. The summed E-state index contributed by atoms with van der Waals surface area (Å²) in [6.07, 6.45) is 6.11. The van der Waals surface area contributed by atoms with Gasteiger partial charge in [-0.3, -0.25) is 4.79 Å². The number of amides is 1. The summed E-state index contributed by atoms with van der Waals surface area (Å²) in [5.74, 6) is 1.17. The van der Waals surface area contributed by atoms with E-state index < -0.39 is 9.84 Å². The number of hydrogen-bond donors (Lipinski definition) is 0. The van der Waals surface area contributed by atoms with Gasteiger partial charge in [-0.1, -0.05) is 24.3 Å². The van der Waals surface area contributed by atoms with Crippen molar-refractivity contribution in [2.45, 2.75) is 43.5 Å². The molecular formula is C26H34N2O4S. The number of sulfone groups is 1. The molecule has 178 valence electrons. The van der Waals surface area contributed by atoms with Crippen LogP contribution < -0.4 is 4.74 Å². The molecule has 2 saturated heterocycles. The fraction of sp³-hybridized carbons (Fsp3) is 0.500. The summed E-state index contributed by atoms with van der Waals surface area (Å²) < 4.78 is 28.6. The van der Waals surface area contributed by atoms with E-state index in [1.54, 1.807) is 19.2 Å². The molecule has 0 radical (unpaired) electrons. The number of hydrogen-bond acceptors (Lipinski definition) is 5. The van der Waals surface area contributed by atoms with Gasteiger partial charge in [0.25, 0.3) is 0 Å². The summed E-state index contributed by atoms with van der Waals surface area (Å²) in [6, 6.07) is 15.2. The molecule has 33 heavy (non-hydrogen) atoms. The molecule has 1 spiro atoms. The SMILES string of the molecule is COc1cccc(CCCN2CCC3(CC2)CCN(Cc2ccc(S(C)(=O)=O)cc2)C3=O)c1. The van der Waals surface area contributed by atoms with Crippen LogP contribution in [0.15, 0.2) is 53.4 Å². The lowest BCUT2D eigenvalue weighted by atomic mass is 9.77. The lowest BCUT2D eigenvalue weighted by Gasteiger charge is -2.38. The Kier molecular flexibility index (Phi) is 7.10. The molecule has 2 fully saturated rings. The van der Waals surface area contributed by atoms with Crippen LogP contribution in [0.4, 0.5) is 0 Å². The Hall–Kier alpha value is -2.38. The van der Waals surface area contributed by atoms with Crippen LogP contribution in [0.25, 0.3) is 0 Å². The molecule has 0 bridgehead atoms. The van der Waals surface area contributed by atoms with Crippen LogP contribution in [0.2, 0.25) is 0 Å². The minimum absolute atomic E-state index is 0.212. The van der Waals surface area contributed by atoms with Crippen molar-refractivity contribution in [3.63, 3.8) is 0 Å². The van der Waals surface area contributed by atoms with Gasteiger partial charge < -0.3 is 14.5 Å². The van der Waals surface area contributed by atoms with Crippen LogP contribution in [0.3, 0.4) is 0 Å². The molecule has 2 aliphatic rings. The van der Waals surface area contributed by atoms with Crippen molar-refractivity contribution in [2.75, 3.05) is 39.5 Å². The fourth-order valence-corrected chi connectivity index (χ4v) is 5.74. The third-order valence-electron chi connectivity index (χ3n) is 7.21. The highest BCUT2D eigenvalue weighted by molar-refractivity contribution is 7.90. The number of piperidine rings is 1. The molecule has 0 saturated carbocycles. The molecule has 1 amide bonds. The zero-order valence-corrected chi connectivity index (χ0v) is 20.4. The predicted molar refractivity (Wildman–Crippen MR) is 129 cm³/mol. The Balaban J connectivity index is 1.25. The van der Waals surface area contributed by atoms with Gasteiger partial charge in [0, 0.05) is 19.3 Å². The van der Waals surface area contributed by atoms with E-state index in [1.165, 1.54) is 11.8 Å². The maximum Gasteiger partial charge on any atom is 0.229 e. The van der Waals surface area contributed by atoms with Crippen LogP contribution in [0, 0.1) is 5.41 Å². The summed E-state index contributed by atoms with van der Waals surface area (Å²) in [4.78, 5) is 18.0. The van der Waals surface area contributed by atoms with E-state index in [9.17, 15) is 13.2 Å². The molecule has 4 rings (SSSR count). The van der Waals surface area contributed by atoms with Gasteiger partial charge >= 0.3 is 0 Å². The van der Waals surface area contributed by atoms with Crippen molar-refractivity contribution >= 4 is 15.7 Å². The molecule has 2 aromatic rings. The largest absolute Gasteiger partial charge is 0.497 e. The Morgan fingerprint density at radius 2 is 1.67 bits per heavy atom. The minimum Gasteiger partial charge on any atom is -0.497 e. The molecule has 0 aromatic heterocycles. The van der Waals surface area contributed by atoms with Crippen LogP contribution >= 0.6 is 0 Å². The molecule has 7 heteroatoms. The third-order valence-corrected chi connectivity index (χ3v) is 8.34. The second kappa shape index (κ2) is 9.85. The van der Waals surface area contributed by atoms with Crippen LogP contribution in [0.5, 0.6) is 5.75 Å². The normalized spacial score (nSPS) is 18.7. The number of benzene rings is 2. The zero-order valence-electron chi connectivity index (χ0n) is 19.6. The summed E-state index contributed by atoms with van der Waals surface area (Å²) >= 11 is 0. The summed E-state index contributed by atoms with van der Waals surface area (Å²) in [5, 5.41) is 0. The first kappa shape index (κ1) is 23.8. The number of ether oxygens (including phenoxy) is 1. The highest BCUT2D eigenvalue weighted by Gasteiger charge is 2.47. The van der Waals surface area contributed by atoms with E-state index in [2.05, 4.69) is 17.0 Å². The highest BCUT2D eigenvalue weighted by atomic mass is 32.2. The third kappa shape index (κ3) is 5.58. The van der Waals surface area contributed by atoms with Crippen molar-refractivity contribution < 1.29 is 17.9 Å². The molecular weight excluding hydrogens is 436 g/mol. The molecule has 0 N–H and O–H groups in total. The second-order valence-electron chi connectivity index (χ2n) is 9.47. The molecule has 0 atom stereocenters. The number of methoxy groups -OCH3 is 1. The second-order valence-corrected chi connectivity index (χ2v) is 11.5. The smallest absolute Gasteiger partial charge is 0.229 e. The summed E-state index contributed by atoms with van der Waals surface area (Å²) in [7, 11) is -1.50. The van der Waals surface area contributed by atoms with Gasteiger partial charge in [-0.2, -0.15) is 0 Å². The maximum atomic E-state index is 13.3. The van der Waals surface area contributed by atoms with Gasteiger partial charge in [-0.25, -0.2) is 8.42 Å². The van der Waals surface area contributed by atoms with Crippen molar-refractivity contribution in [1.29, 1.82) is 0 Å². The van der Waals surface area contributed by atoms with Crippen LogP contribution in [-0.2, 0) is 27.6 Å². The summed E-state index contributed by atoms with van der Waals surface area (Å²) in [5.41, 5.74) is 2.06. The number of likely N-dealkylation sites (tertiary alicyclic amines) is 2. The molecule has 2 heterocycles. The van der Waals surface area contributed by atoms with E-state index in [1.807, 2.05) is 29.2 Å². The van der Waals surface area contributed by atoms with Crippen molar-refractivity contribution in [3.05, 3.63) is 59.7 Å². The Morgan fingerprint density at radius 3 is 2.33 bits per heavy atom. The quantitative estimate of drug-likeness (QED) is 0.590. The Morgan fingerprint density at radius 1 is 0.970 bits per heavy atom. The number of aryl methyl sites for hydroxylation is 1. The number of rotatable bonds is 8. The van der Waals surface area contributed by atoms with Crippen LogP contribution in [-0.4, -0.2) is 63.7 Å². The molecule has 0 aliphatic carbocycles. The summed E-state index contributed by atoms with van der Waals surface area (Å²) in [6.45, 7) is 4.33. The standard InChI is InChI=1S/C26H34N2O4S/c1-32-23-7-3-5-21(19-23)6-4-15-27-16-12-26(13-17-27)14-18-28(25(26)29)20-22-8-10-24(11-9-22)33(2,30)31/h3,5,7-11,19H,4,6,12-18,20H2,1-2H3. The molecule has 0 unspecified atom stereocenters. The minimum atomic E-state index is -3.20. The lowest BCUT2D eigenvalue weighted by Crippen LogP contribution is -2.44. The molecule has 6 nitrogen and oxygen atoms in total. The highest BCUT2D eigenvalue weighted by Crippen LogP contribution is 2.42. The van der Waals surface area contributed by atoms with Gasteiger partial charge in [-0.05, 0) is 87.1 Å². The first-order chi connectivity index (χ1) is 15.8. The molecule has 2 aliphatic heterocycles. The van der Waals surface area contributed by atoms with Gasteiger partial charge in [0.05, 0.1) is 17.4 Å². The Bertz CT molecular complexity index is 1070. The monoisotopic (exact) mass is 470 g/mol. The maximum absolute atomic E-state index is 13.3. The first-order valence-corrected chi connectivity index (χ1v) is 13.6. The van der Waals surface area contributed by atoms with Gasteiger partial charge in [-0.15, -0.1) is 0 Å². The lowest BCUT2D eigenvalue weighted by molar-refractivity contribution is -0.138. The average Bonchev–Trinajstić information content (AvgIpc) is 3.10. The Labute approximate surface area is 197 Å². The zero-order chi connectivity index (χ0) is 23.5. The topological polar surface area (TPSA) is 66.9 Å². The van der Waals surface area contributed by atoms with E-state index in [-0.39, 0.29) is 11.3 Å². The van der Waals surface area contributed by atoms with Crippen molar-refractivity contribution in [2.24, 2.45) is 5.41 Å². The van der Waals surface area contributed by atoms with E-state index in [0.29, 0.717) is 11.4 Å². The van der Waals surface area contributed by atoms with E-state index >= 15 is 0 Å². The predicted octanol–water partition coefficient (Wildman–Crippen LogP) is 3.55. The number of carbonyl (C=O) groups is 1. The first-order valence-electron chi connectivity index (χ1n) is 11.7. The van der Waals surface area contributed by atoms with E-state index in [0.717, 1.165) is 69.6 Å². The van der Waals surface area contributed by atoms with E-state index in [4.69, 9.17) is 4.74 Å². The van der Waals surface area contributed by atoms with Gasteiger partial charge in [0.15, 0.2) is 9.84 Å². The van der Waals surface area contributed by atoms with Gasteiger partial charge in [0.2, 0.25) is 5.91 Å². The van der Waals surface area contributed by atoms with Crippen LogP contribution in [0.1, 0.15) is 36.8 Å².